The van der Waals surface area contributed by atoms with E-state index in [2.05, 4.69) is 36.8 Å². The van der Waals surface area contributed by atoms with Crippen molar-refractivity contribution >= 4 is 11.3 Å². The number of rotatable bonds is 7. The van der Waals surface area contributed by atoms with Crippen LogP contribution in [0.15, 0.2) is 5.38 Å². The molecular formula is C16H29N3OS. The average molecular weight is 311 g/mol. The first-order chi connectivity index (χ1) is 10.1. The maximum Gasteiger partial charge on any atom is 0.113 e. The smallest absolute Gasteiger partial charge is 0.113 e. The zero-order valence-electron chi connectivity index (χ0n) is 13.7. The number of hydrogen-bond donors (Lipinski definition) is 2. The first kappa shape index (κ1) is 16.9. The Hall–Kier alpha value is -0.490. The van der Waals surface area contributed by atoms with Gasteiger partial charge in [-0.25, -0.2) is 4.98 Å². The summed E-state index contributed by atoms with van der Waals surface area (Å²) in [6, 6.07) is 0. The van der Waals surface area contributed by atoms with Crippen molar-refractivity contribution in [3.8, 4) is 0 Å². The predicted molar refractivity (Wildman–Crippen MR) is 89.0 cm³/mol. The molecule has 1 aliphatic heterocycles. The highest BCUT2D eigenvalue weighted by atomic mass is 32.1. The van der Waals surface area contributed by atoms with Gasteiger partial charge in [0.1, 0.15) is 5.01 Å². The highest BCUT2D eigenvalue weighted by Crippen LogP contribution is 2.39. The van der Waals surface area contributed by atoms with Gasteiger partial charge < -0.3 is 15.4 Å². The first-order valence-corrected chi connectivity index (χ1v) is 8.92. The number of methoxy groups -OCH3 is 1. The quantitative estimate of drug-likeness (QED) is 0.760. The van der Waals surface area contributed by atoms with E-state index in [0.717, 1.165) is 39.1 Å². The summed E-state index contributed by atoms with van der Waals surface area (Å²) in [5, 5.41) is 10.8. The van der Waals surface area contributed by atoms with Crippen LogP contribution in [0.1, 0.15) is 50.2 Å². The van der Waals surface area contributed by atoms with Crippen molar-refractivity contribution in [1.29, 1.82) is 0 Å². The van der Waals surface area contributed by atoms with Crippen LogP contribution in [0.3, 0.4) is 0 Å². The molecule has 0 saturated carbocycles. The Morgan fingerprint density at radius 3 is 3.00 bits per heavy atom. The van der Waals surface area contributed by atoms with Gasteiger partial charge in [-0.15, -0.1) is 11.3 Å². The molecule has 0 aromatic carbocycles. The fourth-order valence-corrected chi connectivity index (χ4v) is 4.42. The van der Waals surface area contributed by atoms with Crippen LogP contribution >= 0.6 is 11.3 Å². The molecule has 1 aromatic heterocycles. The number of ether oxygens (including phenoxy) is 1. The van der Waals surface area contributed by atoms with Crippen molar-refractivity contribution in [3.63, 3.8) is 0 Å². The lowest BCUT2D eigenvalue weighted by Crippen LogP contribution is -2.57. The van der Waals surface area contributed by atoms with Crippen LogP contribution in [0, 0.1) is 5.92 Å². The maximum absolute atomic E-state index is 5.23. The lowest BCUT2D eigenvalue weighted by Gasteiger charge is -2.43. The van der Waals surface area contributed by atoms with Gasteiger partial charge in [0.15, 0.2) is 0 Å². The minimum atomic E-state index is 0.0103. The lowest BCUT2D eigenvalue weighted by molar-refractivity contribution is 0.125. The average Bonchev–Trinajstić information content (AvgIpc) is 2.98. The number of aromatic nitrogens is 1. The zero-order chi connectivity index (χ0) is 15.3. The molecule has 1 saturated heterocycles. The Morgan fingerprint density at radius 1 is 1.57 bits per heavy atom. The largest absolute Gasteiger partial charge is 0.383 e. The van der Waals surface area contributed by atoms with Crippen LogP contribution in [0.4, 0.5) is 0 Å². The zero-order valence-corrected chi connectivity index (χ0v) is 14.6. The first-order valence-electron chi connectivity index (χ1n) is 8.04. The monoisotopic (exact) mass is 311 g/mol. The summed E-state index contributed by atoms with van der Waals surface area (Å²) in [6.45, 7) is 10.4. The van der Waals surface area contributed by atoms with Gasteiger partial charge in [-0.1, -0.05) is 20.8 Å². The van der Waals surface area contributed by atoms with Crippen molar-refractivity contribution in [3.05, 3.63) is 16.1 Å². The van der Waals surface area contributed by atoms with Gasteiger partial charge in [-0.3, -0.25) is 0 Å². The molecule has 0 aliphatic carbocycles. The number of thiazole rings is 1. The van der Waals surface area contributed by atoms with Crippen LogP contribution in [-0.4, -0.2) is 38.3 Å². The molecule has 1 fully saturated rings. The predicted octanol–water partition coefficient (Wildman–Crippen LogP) is 2.72. The fourth-order valence-electron chi connectivity index (χ4n) is 3.16. The van der Waals surface area contributed by atoms with Crippen LogP contribution < -0.4 is 10.6 Å². The Kier molecular flexibility index (Phi) is 6.17. The van der Waals surface area contributed by atoms with Gasteiger partial charge in [0.25, 0.3) is 0 Å². The third-order valence-corrected chi connectivity index (χ3v) is 5.56. The van der Waals surface area contributed by atoms with E-state index in [1.54, 1.807) is 7.11 Å². The van der Waals surface area contributed by atoms with Gasteiger partial charge >= 0.3 is 0 Å². The van der Waals surface area contributed by atoms with E-state index in [-0.39, 0.29) is 5.54 Å². The van der Waals surface area contributed by atoms with E-state index in [9.17, 15) is 0 Å². The molecule has 0 bridgehead atoms. The molecule has 5 heteroatoms. The lowest BCUT2D eigenvalue weighted by atomic mass is 9.77. The summed E-state index contributed by atoms with van der Waals surface area (Å²) in [4.78, 5) is 4.97. The molecule has 2 N–H and O–H groups in total. The second kappa shape index (κ2) is 7.68. The maximum atomic E-state index is 5.23. The summed E-state index contributed by atoms with van der Waals surface area (Å²) in [6.07, 6.45) is 2.25. The van der Waals surface area contributed by atoms with Crippen LogP contribution in [0.5, 0.6) is 0 Å². The van der Waals surface area contributed by atoms with E-state index in [4.69, 9.17) is 9.72 Å². The Morgan fingerprint density at radius 2 is 2.38 bits per heavy atom. The van der Waals surface area contributed by atoms with Crippen molar-refractivity contribution in [2.45, 2.75) is 45.1 Å². The molecule has 0 spiro atoms. The standard InChI is InChI=1S/C16H29N3OS/c1-5-13-10-17-7-6-16(13,18-8-9-20-4)15-19-14(11-21-15)12(2)3/h11-13,17-18H,5-10H2,1-4H3. The Balaban J connectivity index is 2.28. The molecule has 120 valence electrons. The molecule has 2 rings (SSSR count). The van der Waals surface area contributed by atoms with Gasteiger partial charge in [-0.05, 0) is 31.2 Å². The van der Waals surface area contributed by atoms with Crippen LogP contribution in [0.2, 0.25) is 0 Å². The summed E-state index contributed by atoms with van der Waals surface area (Å²) in [5.74, 6) is 1.07. The fraction of sp³-hybridized carbons (Fsp3) is 0.812. The highest BCUT2D eigenvalue weighted by Gasteiger charge is 2.43. The Bertz CT molecular complexity index is 435. The molecule has 2 unspecified atom stereocenters. The molecule has 0 radical (unpaired) electrons. The number of piperidine rings is 1. The summed E-state index contributed by atoms with van der Waals surface area (Å²) in [7, 11) is 1.76. The molecular weight excluding hydrogens is 282 g/mol. The molecule has 1 aromatic rings. The Labute approximate surface area is 132 Å². The van der Waals surface area contributed by atoms with Gasteiger partial charge in [0.05, 0.1) is 17.8 Å². The number of nitrogens with one attached hydrogen (secondary N) is 2. The molecule has 4 nitrogen and oxygen atoms in total. The second-order valence-electron chi connectivity index (χ2n) is 6.18. The van der Waals surface area contributed by atoms with E-state index < -0.39 is 0 Å². The minimum Gasteiger partial charge on any atom is -0.383 e. The third kappa shape index (κ3) is 3.65. The molecule has 21 heavy (non-hydrogen) atoms. The van der Waals surface area contributed by atoms with Crippen molar-refractivity contribution in [2.24, 2.45) is 5.92 Å². The summed E-state index contributed by atoms with van der Waals surface area (Å²) in [5.41, 5.74) is 1.23. The van der Waals surface area contributed by atoms with Crippen LogP contribution in [0.25, 0.3) is 0 Å². The van der Waals surface area contributed by atoms with E-state index in [1.165, 1.54) is 10.7 Å². The molecule has 1 aliphatic rings. The number of nitrogens with zero attached hydrogens (tertiary/aromatic N) is 1. The second-order valence-corrected chi connectivity index (χ2v) is 7.04. The number of hydrogen-bond acceptors (Lipinski definition) is 5. The van der Waals surface area contributed by atoms with Crippen molar-refractivity contribution < 1.29 is 4.74 Å². The third-order valence-electron chi connectivity index (χ3n) is 4.52. The normalized spacial score (nSPS) is 26.4. The highest BCUT2D eigenvalue weighted by molar-refractivity contribution is 7.09. The van der Waals surface area contributed by atoms with E-state index >= 15 is 0 Å². The van der Waals surface area contributed by atoms with Crippen molar-refractivity contribution in [1.82, 2.24) is 15.6 Å². The molecule has 2 heterocycles. The van der Waals surface area contributed by atoms with Gasteiger partial charge in [0.2, 0.25) is 0 Å². The topological polar surface area (TPSA) is 46.2 Å². The van der Waals surface area contributed by atoms with Gasteiger partial charge in [0, 0.05) is 25.6 Å². The SMILES string of the molecule is CCC1CNCCC1(NCCOC)c1nc(C(C)C)cs1. The summed E-state index contributed by atoms with van der Waals surface area (Å²) >= 11 is 1.82. The van der Waals surface area contributed by atoms with E-state index in [0.29, 0.717) is 11.8 Å². The molecule has 0 amide bonds. The van der Waals surface area contributed by atoms with Crippen molar-refractivity contribution in [2.75, 3.05) is 33.4 Å². The minimum absolute atomic E-state index is 0.0103. The summed E-state index contributed by atoms with van der Waals surface area (Å²) < 4.78 is 5.23. The van der Waals surface area contributed by atoms with Gasteiger partial charge in [-0.2, -0.15) is 0 Å². The van der Waals surface area contributed by atoms with Crippen LogP contribution in [-0.2, 0) is 10.3 Å². The molecule has 2 atom stereocenters. The van der Waals surface area contributed by atoms with E-state index in [1.807, 2.05) is 11.3 Å².